The molecule has 0 saturated carbocycles. The lowest BCUT2D eigenvalue weighted by Crippen LogP contribution is -2.05. The highest BCUT2D eigenvalue weighted by Crippen LogP contribution is 2.15. The maximum atomic E-state index is 5.81. The maximum Gasteiger partial charge on any atom is 0.343 e. The fourth-order valence-electron chi connectivity index (χ4n) is 1.31. The van der Waals surface area contributed by atoms with Crippen molar-refractivity contribution in [3.63, 3.8) is 0 Å². The maximum absolute atomic E-state index is 5.81. The smallest absolute Gasteiger partial charge is 0.343 e. The van der Waals surface area contributed by atoms with Gasteiger partial charge in [-0.15, -0.1) is 5.10 Å². The van der Waals surface area contributed by atoms with Crippen molar-refractivity contribution in [3.05, 3.63) is 30.1 Å². The minimum Gasteiger partial charge on any atom is -0.387 e. The minimum atomic E-state index is -0.00793. The molecule has 0 radical (unpaired) electrons. The standard InChI is InChI=1S/C9H7ClN8O/c1-17-5-11-8(16-17)19-9-14-6(10)13-7(15-9)18-4-2-3-12-18/h2-5H,1H3. The van der Waals surface area contributed by atoms with Crippen LogP contribution in [0.25, 0.3) is 5.95 Å². The Balaban J connectivity index is 1.94. The normalized spacial score (nSPS) is 10.6. The molecule has 0 aromatic carbocycles. The Labute approximate surface area is 111 Å². The number of nitrogens with zero attached hydrogens (tertiary/aromatic N) is 8. The second kappa shape index (κ2) is 4.61. The monoisotopic (exact) mass is 278 g/mol. The number of aromatic nitrogens is 8. The van der Waals surface area contributed by atoms with E-state index in [1.165, 1.54) is 15.7 Å². The first-order valence-corrected chi connectivity index (χ1v) is 5.53. The second-order valence-electron chi connectivity index (χ2n) is 3.44. The Bertz CT molecular complexity index is 694. The molecule has 0 unspecified atom stereocenters. The van der Waals surface area contributed by atoms with Gasteiger partial charge < -0.3 is 4.74 Å². The third-order valence-electron chi connectivity index (χ3n) is 2.05. The molecular formula is C9H7ClN8O. The van der Waals surface area contributed by atoms with Gasteiger partial charge in [-0.3, -0.25) is 4.68 Å². The number of aryl methyl sites for hydroxylation is 1. The fraction of sp³-hybridized carbons (Fsp3) is 0.111. The van der Waals surface area contributed by atoms with Crippen LogP contribution in [0.1, 0.15) is 0 Å². The highest BCUT2D eigenvalue weighted by Gasteiger charge is 2.10. The van der Waals surface area contributed by atoms with Crippen molar-refractivity contribution >= 4 is 11.6 Å². The second-order valence-corrected chi connectivity index (χ2v) is 3.78. The minimum absolute atomic E-state index is 0.00306. The SMILES string of the molecule is Cn1cnc(Oc2nc(Cl)nc(-n3cccn3)n2)n1. The lowest BCUT2D eigenvalue weighted by molar-refractivity contribution is 0.401. The summed E-state index contributed by atoms with van der Waals surface area (Å²) in [5, 5.41) is 7.93. The average molecular weight is 279 g/mol. The van der Waals surface area contributed by atoms with Crippen molar-refractivity contribution in [2.24, 2.45) is 7.05 Å². The average Bonchev–Trinajstić information content (AvgIpc) is 3.00. The molecular weight excluding hydrogens is 272 g/mol. The van der Waals surface area contributed by atoms with E-state index in [-0.39, 0.29) is 23.3 Å². The van der Waals surface area contributed by atoms with Crippen molar-refractivity contribution in [2.45, 2.75) is 0 Å². The molecule has 0 aliphatic carbocycles. The summed E-state index contributed by atoms with van der Waals surface area (Å²) in [6, 6.07) is 1.85. The molecule has 0 fully saturated rings. The van der Waals surface area contributed by atoms with E-state index in [4.69, 9.17) is 16.3 Å². The number of rotatable bonds is 3. The van der Waals surface area contributed by atoms with Crippen LogP contribution in [-0.4, -0.2) is 39.5 Å². The van der Waals surface area contributed by atoms with Crippen LogP contribution in [0.5, 0.6) is 12.0 Å². The zero-order chi connectivity index (χ0) is 13.2. The molecule has 0 aliphatic heterocycles. The number of ether oxygens (including phenoxy) is 1. The molecule has 0 atom stereocenters. The van der Waals surface area contributed by atoms with Crippen LogP contribution >= 0.6 is 11.6 Å². The van der Waals surface area contributed by atoms with Crippen molar-refractivity contribution in [1.29, 1.82) is 0 Å². The summed E-state index contributed by atoms with van der Waals surface area (Å²) in [5.74, 6) is 0.246. The zero-order valence-corrected chi connectivity index (χ0v) is 10.4. The number of hydrogen-bond donors (Lipinski definition) is 0. The summed E-state index contributed by atoms with van der Waals surface area (Å²) in [7, 11) is 1.72. The van der Waals surface area contributed by atoms with Crippen molar-refractivity contribution in [3.8, 4) is 18.0 Å². The van der Waals surface area contributed by atoms with E-state index in [1.54, 1.807) is 25.5 Å². The molecule has 3 heterocycles. The van der Waals surface area contributed by atoms with Gasteiger partial charge in [0.15, 0.2) is 0 Å². The lowest BCUT2D eigenvalue weighted by Gasteiger charge is -2.02. The summed E-state index contributed by atoms with van der Waals surface area (Å²) in [4.78, 5) is 15.7. The quantitative estimate of drug-likeness (QED) is 0.693. The van der Waals surface area contributed by atoms with E-state index in [0.717, 1.165) is 0 Å². The summed E-state index contributed by atoms with van der Waals surface area (Å²) >= 11 is 5.81. The summed E-state index contributed by atoms with van der Waals surface area (Å²) < 4.78 is 8.22. The summed E-state index contributed by atoms with van der Waals surface area (Å²) in [6.07, 6.45) is 4.76. The molecule has 9 nitrogen and oxygen atoms in total. The fourth-order valence-corrected chi connectivity index (χ4v) is 1.45. The van der Waals surface area contributed by atoms with E-state index < -0.39 is 0 Å². The Morgan fingerprint density at radius 1 is 1.21 bits per heavy atom. The van der Waals surface area contributed by atoms with E-state index in [9.17, 15) is 0 Å². The Morgan fingerprint density at radius 3 is 2.79 bits per heavy atom. The third-order valence-corrected chi connectivity index (χ3v) is 2.22. The summed E-state index contributed by atoms with van der Waals surface area (Å²) in [5.41, 5.74) is 0. The van der Waals surface area contributed by atoms with Gasteiger partial charge >= 0.3 is 12.0 Å². The van der Waals surface area contributed by atoms with Crippen LogP contribution < -0.4 is 4.74 Å². The van der Waals surface area contributed by atoms with Gasteiger partial charge in [-0.05, 0) is 17.7 Å². The Morgan fingerprint density at radius 2 is 2.11 bits per heavy atom. The predicted molar refractivity (Wildman–Crippen MR) is 63.0 cm³/mol. The van der Waals surface area contributed by atoms with Gasteiger partial charge in [0.25, 0.3) is 5.95 Å². The molecule has 3 aromatic rings. The highest BCUT2D eigenvalue weighted by atomic mass is 35.5. The first kappa shape index (κ1) is 11.5. The van der Waals surface area contributed by atoms with Crippen molar-refractivity contribution < 1.29 is 4.74 Å². The van der Waals surface area contributed by atoms with Gasteiger partial charge in [-0.2, -0.15) is 25.0 Å². The largest absolute Gasteiger partial charge is 0.387 e. The van der Waals surface area contributed by atoms with Gasteiger partial charge in [-0.25, -0.2) is 4.68 Å². The Hall–Kier alpha value is -2.55. The Kier molecular flexibility index (Phi) is 2.80. The van der Waals surface area contributed by atoms with Crippen LogP contribution in [0.2, 0.25) is 5.28 Å². The molecule has 3 aromatic heterocycles. The van der Waals surface area contributed by atoms with E-state index in [0.29, 0.717) is 0 Å². The van der Waals surface area contributed by atoms with Crippen LogP contribution in [0, 0.1) is 0 Å². The topological polar surface area (TPSA) is 96.4 Å². The van der Waals surface area contributed by atoms with E-state index >= 15 is 0 Å². The van der Waals surface area contributed by atoms with Gasteiger partial charge in [0.05, 0.1) is 0 Å². The molecule has 0 bridgehead atoms. The van der Waals surface area contributed by atoms with Gasteiger partial charge in [0, 0.05) is 19.4 Å². The van der Waals surface area contributed by atoms with Crippen LogP contribution in [0.15, 0.2) is 24.8 Å². The molecule has 0 aliphatic rings. The van der Waals surface area contributed by atoms with Gasteiger partial charge in [0.1, 0.15) is 6.33 Å². The first-order valence-electron chi connectivity index (χ1n) is 5.16. The lowest BCUT2D eigenvalue weighted by atomic mass is 10.7. The van der Waals surface area contributed by atoms with E-state index in [2.05, 4.69) is 30.1 Å². The first-order chi connectivity index (χ1) is 9.20. The van der Waals surface area contributed by atoms with Crippen LogP contribution in [-0.2, 0) is 7.05 Å². The summed E-state index contributed by atoms with van der Waals surface area (Å²) in [6.45, 7) is 0. The molecule has 19 heavy (non-hydrogen) atoms. The molecule has 0 amide bonds. The van der Waals surface area contributed by atoms with E-state index in [1.807, 2.05) is 0 Å². The molecule has 10 heteroatoms. The zero-order valence-electron chi connectivity index (χ0n) is 9.67. The molecule has 96 valence electrons. The number of hydrogen-bond acceptors (Lipinski definition) is 7. The van der Waals surface area contributed by atoms with Crippen LogP contribution in [0.3, 0.4) is 0 Å². The molecule has 3 rings (SSSR count). The molecule has 0 spiro atoms. The molecule has 0 N–H and O–H groups in total. The predicted octanol–water partition coefficient (Wildman–Crippen LogP) is 0.631. The molecule has 0 saturated heterocycles. The van der Waals surface area contributed by atoms with Gasteiger partial charge in [-0.1, -0.05) is 0 Å². The highest BCUT2D eigenvalue weighted by molar-refractivity contribution is 6.28. The van der Waals surface area contributed by atoms with Crippen molar-refractivity contribution in [2.75, 3.05) is 0 Å². The third kappa shape index (κ3) is 2.50. The number of halogens is 1. The van der Waals surface area contributed by atoms with Gasteiger partial charge in [0.2, 0.25) is 5.28 Å². The van der Waals surface area contributed by atoms with Crippen molar-refractivity contribution in [1.82, 2.24) is 39.5 Å². The van der Waals surface area contributed by atoms with Crippen LogP contribution in [0.4, 0.5) is 0 Å².